The molecule has 9 heteroatoms. The van der Waals surface area contributed by atoms with Crippen LogP contribution in [0.15, 0.2) is 31.7 Å². The number of nitro groups is 1. The molecule has 0 fully saturated rings. The van der Waals surface area contributed by atoms with E-state index in [9.17, 15) is 19.7 Å². The van der Waals surface area contributed by atoms with Crippen LogP contribution in [0.25, 0.3) is 0 Å². The Kier molecular flexibility index (Phi) is 3.43. The SMILES string of the molecule is O=c1[nH]c(=O)n(Cc2cc(Br)cs2)cc1[N+](=O)[O-]. The largest absolute Gasteiger partial charge is 0.350 e. The van der Waals surface area contributed by atoms with Gasteiger partial charge < -0.3 is 0 Å². The van der Waals surface area contributed by atoms with Crippen LogP contribution in [0.2, 0.25) is 0 Å². The van der Waals surface area contributed by atoms with E-state index in [1.165, 1.54) is 11.3 Å². The van der Waals surface area contributed by atoms with Crippen molar-refractivity contribution in [3.05, 3.63) is 57.9 Å². The minimum absolute atomic E-state index is 0.173. The van der Waals surface area contributed by atoms with Gasteiger partial charge in [-0.05, 0) is 22.0 Å². The summed E-state index contributed by atoms with van der Waals surface area (Å²) in [7, 11) is 0. The van der Waals surface area contributed by atoms with Crippen LogP contribution in [-0.4, -0.2) is 14.5 Å². The quantitative estimate of drug-likeness (QED) is 0.677. The summed E-state index contributed by atoms with van der Waals surface area (Å²) in [6.07, 6.45) is 0.953. The standard InChI is InChI=1S/C9H6BrN3O4S/c10-5-1-6(18-4-5)2-12-3-7(13(16)17)8(14)11-9(12)15/h1,3-4H,2H2,(H,11,14,15). The summed E-state index contributed by atoms with van der Waals surface area (Å²) in [5, 5.41) is 12.4. The fraction of sp³-hybridized carbons (Fsp3) is 0.111. The Morgan fingerprint density at radius 1 is 1.50 bits per heavy atom. The predicted molar refractivity (Wildman–Crippen MR) is 69.1 cm³/mol. The van der Waals surface area contributed by atoms with Gasteiger partial charge in [0.2, 0.25) is 0 Å². The molecule has 2 aromatic heterocycles. The lowest BCUT2D eigenvalue weighted by Gasteiger charge is -2.01. The topological polar surface area (TPSA) is 98.0 Å². The van der Waals surface area contributed by atoms with Crippen LogP contribution in [0.5, 0.6) is 0 Å². The number of aromatic amines is 1. The maximum absolute atomic E-state index is 11.5. The van der Waals surface area contributed by atoms with Gasteiger partial charge in [-0.1, -0.05) is 0 Å². The zero-order valence-corrected chi connectivity index (χ0v) is 11.2. The van der Waals surface area contributed by atoms with Crippen molar-refractivity contribution in [1.82, 2.24) is 9.55 Å². The smallest absolute Gasteiger partial charge is 0.288 e. The molecule has 2 heterocycles. The summed E-state index contributed by atoms with van der Waals surface area (Å²) < 4.78 is 1.96. The number of H-pyrrole nitrogens is 1. The third-order valence-corrected chi connectivity index (χ3v) is 3.82. The minimum Gasteiger partial charge on any atom is -0.288 e. The molecule has 0 atom stereocenters. The van der Waals surface area contributed by atoms with Crippen molar-refractivity contribution in [2.75, 3.05) is 0 Å². The van der Waals surface area contributed by atoms with Gasteiger partial charge in [0.15, 0.2) is 0 Å². The molecule has 18 heavy (non-hydrogen) atoms. The lowest BCUT2D eigenvalue weighted by atomic mass is 10.4. The second-order valence-electron chi connectivity index (χ2n) is 3.39. The minimum atomic E-state index is -0.992. The molecule has 0 radical (unpaired) electrons. The fourth-order valence-corrected chi connectivity index (χ4v) is 2.80. The highest BCUT2D eigenvalue weighted by Crippen LogP contribution is 2.20. The number of rotatable bonds is 3. The maximum Gasteiger partial charge on any atom is 0.350 e. The number of halogens is 1. The summed E-state index contributed by atoms with van der Waals surface area (Å²) >= 11 is 4.67. The molecule has 7 nitrogen and oxygen atoms in total. The number of hydrogen-bond donors (Lipinski definition) is 1. The fourth-order valence-electron chi connectivity index (χ4n) is 1.35. The van der Waals surface area contributed by atoms with Crippen molar-refractivity contribution in [3.63, 3.8) is 0 Å². The van der Waals surface area contributed by atoms with Gasteiger partial charge >= 0.3 is 16.9 Å². The van der Waals surface area contributed by atoms with Crippen molar-refractivity contribution in [2.24, 2.45) is 0 Å². The van der Waals surface area contributed by atoms with Gasteiger partial charge in [-0.3, -0.25) is 24.5 Å². The van der Waals surface area contributed by atoms with Gasteiger partial charge in [0.1, 0.15) is 0 Å². The molecule has 0 saturated heterocycles. The molecule has 1 N–H and O–H groups in total. The predicted octanol–water partition coefficient (Wildman–Crippen LogP) is 1.32. The Labute approximate surface area is 112 Å². The van der Waals surface area contributed by atoms with Gasteiger partial charge in [-0.25, -0.2) is 4.79 Å². The number of aromatic nitrogens is 2. The average molecular weight is 332 g/mol. The molecule has 0 spiro atoms. The van der Waals surface area contributed by atoms with Crippen molar-refractivity contribution in [2.45, 2.75) is 6.54 Å². The lowest BCUT2D eigenvalue weighted by Crippen LogP contribution is -2.30. The van der Waals surface area contributed by atoms with E-state index in [4.69, 9.17) is 0 Å². The van der Waals surface area contributed by atoms with Gasteiger partial charge in [-0.2, -0.15) is 0 Å². The maximum atomic E-state index is 11.5. The van der Waals surface area contributed by atoms with Crippen LogP contribution in [0.1, 0.15) is 4.88 Å². The Morgan fingerprint density at radius 3 is 2.78 bits per heavy atom. The molecule has 0 aliphatic rings. The first-order chi connectivity index (χ1) is 8.47. The van der Waals surface area contributed by atoms with Gasteiger partial charge in [0.05, 0.1) is 17.7 Å². The number of hydrogen-bond acceptors (Lipinski definition) is 5. The third kappa shape index (κ3) is 2.57. The Balaban J connectivity index is 2.45. The summed E-state index contributed by atoms with van der Waals surface area (Å²) in [6.45, 7) is 0.173. The van der Waals surface area contributed by atoms with Crippen LogP contribution < -0.4 is 11.2 Å². The van der Waals surface area contributed by atoms with Crippen molar-refractivity contribution < 1.29 is 4.92 Å². The molecule has 0 bridgehead atoms. The van der Waals surface area contributed by atoms with Crippen LogP contribution in [-0.2, 0) is 6.54 Å². The van der Waals surface area contributed by atoms with Crippen LogP contribution in [0, 0.1) is 10.1 Å². The van der Waals surface area contributed by atoms with E-state index in [0.29, 0.717) is 0 Å². The molecular weight excluding hydrogens is 326 g/mol. The second kappa shape index (κ2) is 4.86. The summed E-state index contributed by atoms with van der Waals surface area (Å²) in [5.41, 5.74) is -2.31. The van der Waals surface area contributed by atoms with Crippen LogP contribution >= 0.6 is 27.3 Å². The van der Waals surface area contributed by atoms with Gasteiger partial charge in [0.25, 0.3) is 0 Å². The molecule has 94 valence electrons. The zero-order chi connectivity index (χ0) is 13.3. The van der Waals surface area contributed by atoms with E-state index >= 15 is 0 Å². The Bertz CT molecular complexity index is 717. The van der Waals surface area contributed by atoms with E-state index in [-0.39, 0.29) is 6.54 Å². The van der Waals surface area contributed by atoms with Gasteiger partial charge in [-0.15, -0.1) is 11.3 Å². The molecular formula is C9H6BrN3O4S. The normalized spacial score (nSPS) is 10.5. The van der Waals surface area contributed by atoms with Gasteiger partial charge in [0, 0.05) is 14.7 Å². The van der Waals surface area contributed by atoms with E-state index in [1.54, 1.807) is 6.07 Å². The number of thiophene rings is 1. The molecule has 2 aromatic rings. The van der Waals surface area contributed by atoms with E-state index in [0.717, 1.165) is 20.1 Å². The molecule has 2 rings (SSSR count). The molecule has 0 aliphatic carbocycles. The second-order valence-corrected chi connectivity index (χ2v) is 5.30. The Hall–Kier alpha value is -1.74. The van der Waals surface area contributed by atoms with Crippen LogP contribution in [0.4, 0.5) is 5.69 Å². The van der Waals surface area contributed by atoms with E-state index in [2.05, 4.69) is 15.9 Å². The Morgan fingerprint density at radius 2 is 2.22 bits per heavy atom. The molecule has 0 saturated carbocycles. The molecule has 0 aromatic carbocycles. The van der Waals surface area contributed by atoms with E-state index < -0.39 is 21.9 Å². The highest BCUT2D eigenvalue weighted by molar-refractivity contribution is 9.10. The average Bonchev–Trinajstić information content (AvgIpc) is 2.67. The summed E-state index contributed by atoms with van der Waals surface area (Å²) in [6, 6.07) is 1.80. The van der Waals surface area contributed by atoms with Crippen molar-refractivity contribution >= 4 is 33.0 Å². The third-order valence-electron chi connectivity index (χ3n) is 2.14. The molecule has 0 aliphatic heterocycles. The highest BCUT2D eigenvalue weighted by Gasteiger charge is 2.15. The number of nitrogens with one attached hydrogen (secondary N) is 1. The lowest BCUT2D eigenvalue weighted by molar-refractivity contribution is -0.386. The van der Waals surface area contributed by atoms with Crippen molar-refractivity contribution in [1.29, 1.82) is 0 Å². The summed E-state index contributed by atoms with van der Waals surface area (Å²) in [5.74, 6) is 0. The zero-order valence-electron chi connectivity index (χ0n) is 8.75. The number of nitrogens with zero attached hydrogens (tertiary/aromatic N) is 2. The van der Waals surface area contributed by atoms with Crippen molar-refractivity contribution in [3.8, 4) is 0 Å². The first kappa shape index (κ1) is 12.7. The highest BCUT2D eigenvalue weighted by atomic mass is 79.9. The monoisotopic (exact) mass is 331 g/mol. The molecule has 0 amide bonds. The first-order valence-electron chi connectivity index (χ1n) is 4.68. The van der Waals surface area contributed by atoms with Crippen LogP contribution in [0.3, 0.4) is 0 Å². The molecule has 0 unspecified atom stereocenters. The first-order valence-corrected chi connectivity index (χ1v) is 6.35. The van der Waals surface area contributed by atoms with E-state index in [1.807, 2.05) is 10.4 Å². The summed E-state index contributed by atoms with van der Waals surface area (Å²) in [4.78, 5) is 35.2.